The highest BCUT2D eigenvalue weighted by molar-refractivity contribution is 7.18. The monoisotopic (exact) mass is 405 g/mol. The number of imide groups is 1. The number of carbonyl (C=O) groups is 2. The molecule has 0 bridgehead atoms. The SMILES string of the molecule is C[C@]1(c2cccc(-n3cnnn3)c2)NC(=O)N(Cc2nc3ccccc3s2)C1=O. The van der Waals surface area contributed by atoms with Gasteiger partial charge in [-0.3, -0.25) is 9.69 Å². The summed E-state index contributed by atoms with van der Waals surface area (Å²) in [6.07, 6.45) is 1.47. The van der Waals surface area contributed by atoms with Gasteiger partial charge in [0.15, 0.2) is 0 Å². The zero-order chi connectivity index (χ0) is 20.0. The van der Waals surface area contributed by atoms with Gasteiger partial charge < -0.3 is 5.32 Å². The molecule has 3 heterocycles. The minimum atomic E-state index is -1.18. The Bertz CT molecular complexity index is 1200. The summed E-state index contributed by atoms with van der Waals surface area (Å²) in [5.41, 5.74) is 1.02. The number of nitrogens with zero attached hydrogens (tertiary/aromatic N) is 6. The lowest BCUT2D eigenvalue weighted by molar-refractivity contribution is -0.131. The van der Waals surface area contributed by atoms with E-state index in [2.05, 4.69) is 25.8 Å². The molecule has 1 N–H and O–H groups in total. The first-order chi connectivity index (χ1) is 14.0. The van der Waals surface area contributed by atoms with Gasteiger partial charge in [0.05, 0.1) is 22.4 Å². The molecule has 1 aliphatic rings. The van der Waals surface area contributed by atoms with E-state index in [-0.39, 0.29) is 12.5 Å². The molecule has 0 spiro atoms. The van der Waals surface area contributed by atoms with Crippen molar-refractivity contribution in [1.29, 1.82) is 0 Å². The van der Waals surface area contributed by atoms with Crippen LogP contribution in [0.3, 0.4) is 0 Å². The molecule has 0 aliphatic carbocycles. The van der Waals surface area contributed by atoms with E-state index in [0.717, 1.165) is 10.2 Å². The van der Waals surface area contributed by atoms with Crippen LogP contribution < -0.4 is 5.32 Å². The highest BCUT2D eigenvalue weighted by atomic mass is 32.1. The van der Waals surface area contributed by atoms with Crippen molar-refractivity contribution in [1.82, 2.24) is 35.4 Å². The van der Waals surface area contributed by atoms with E-state index in [9.17, 15) is 9.59 Å². The lowest BCUT2D eigenvalue weighted by Gasteiger charge is -2.22. The van der Waals surface area contributed by atoms with Crippen molar-refractivity contribution in [2.24, 2.45) is 0 Å². The standard InChI is InChI=1S/C19H15N7O2S/c1-19(12-5-4-6-13(9-12)26-11-20-23-24-26)17(27)25(18(28)22-19)10-16-21-14-7-2-3-8-15(14)29-16/h2-9,11H,10H2,1H3,(H,22,28)/t19-/m1/s1. The van der Waals surface area contributed by atoms with Crippen LogP contribution in [0.15, 0.2) is 54.9 Å². The van der Waals surface area contributed by atoms with Crippen LogP contribution in [-0.2, 0) is 16.9 Å². The number of urea groups is 1. The number of fused-ring (bicyclic) bond motifs is 1. The average molecular weight is 405 g/mol. The highest BCUT2D eigenvalue weighted by Gasteiger charge is 2.49. The number of rotatable bonds is 4. The molecule has 1 saturated heterocycles. The molecule has 0 radical (unpaired) electrons. The molecule has 2 aromatic heterocycles. The summed E-state index contributed by atoms with van der Waals surface area (Å²) in [7, 11) is 0. The molecule has 10 heteroatoms. The van der Waals surface area contributed by atoms with Crippen molar-refractivity contribution in [2.45, 2.75) is 19.0 Å². The first kappa shape index (κ1) is 17.4. The Morgan fingerprint density at radius 3 is 2.79 bits per heavy atom. The molecular weight excluding hydrogens is 390 g/mol. The fraction of sp³-hybridized carbons (Fsp3) is 0.158. The summed E-state index contributed by atoms with van der Waals surface area (Å²) >= 11 is 1.47. The number of amides is 3. The van der Waals surface area contributed by atoms with E-state index < -0.39 is 11.6 Å². The summed E-state index contributed by atoms with van der Waals surface area (Å²) in [5, 5.41) is 14.7. The number of nitrogens with one attached hydrogen (secondary N) is 1. The minimum Gasteiger partial charge on any atom is -0.319 e. The van der Waals surface area contributed by atoms with Crippen LogP contribution >= 0.6 is 11.3 Å². The van der Waals surface area contributed by atoms with Gasteiger partial charge in [0.25, 0.3) is 5.91 Å². The summed E-state index contributed by atoms with van der Waals surface area (Å²) in [6, 6.07) is 14.5. The van der Waals surface area contributed by atoms with E-state index in [1.54, 1.807) is 25.1 Å². The fourth-order valence-corrected chi connectivity index (χ4v) is 4.35. The lowest BCUT2D eigenvalue weighted by atomic mass is 9.91. The topological polar surface area (TPSA) is 106 Å². The van der Waals surface area contributed by atoms with Gasteiger partial charge in [0.1, 0.15) is 16.9 Å². The number of carbonyl (C=O) groups excluding carboxylic acids is 2. The number of hydrogen-bond acceptors (Lipinski definition) is 7. The molecule has 1 fully saturated rings. The number of aromatic nitrogens is 5. The van der Waals surface area contributed by atoms with Crippen LogP contribution in [-0.4, -0.2) is 42.0 Å². The van der Waals surface area contributed by atoms with E-state index in [0.29, 0.717) is 16.3 Å². The van der Waals surface area contributed by atoms with Crippen LogP contribution in [0.5, 0.6) is 0 Å². The average Bonchev–Trinajstić information content (AvgIpc) is 3.44. The lowest BCUT2D eigenvalue weighted by Crippen LogP contribution is -2.40. The zero-order valence-electron chi connectivity index (χ0n) is 15.3. The van der Waals surface area contributed by atoms with Crippen molar-refractivity contribution >= 4 is 33.5 Å². The molecule has 4 aromatic rings. The quantitative estimate of drug-likeness (QED) is 0.522. The third-order valence-corrected chi connectivity index (χ3v) is 5.96. The van der Waals surface area contributed by atoms with Crippen molar-refractivity contribution in [3.8, 4) is 5.69 Å². The normalized spacial score (nSPS) is 19.1. The van der Waals surface area contributed by atoms with E-state index in [1.165, 1.54) is 27.2 Å². The van der Waals surface area contributed by atoms with Crippen molar-refractivity contribution in [3.63, 3.8) is 0 Å². The molecule has 144 valence electrons. The maximum Gasteiger partial charge on any atom is 0.325 e. The van der Waals surface area contributed by atoms with E-state index >= 15 is 0 Å². The van der Waals surface area contributed by atoms with Crippen LogP contribution in [0.1, 0.15) is 17.5 Å². The molecule has 9 nitrogen and oxygen atoms in total. The van der Waals surface area contributed by atoms with Gasteiger partial charge in [-0.05, 0) is 47.2 Å². The second-order valence-corrected chi connectivity index (χ2v) is 7.94. The van der Waals surface area contributed by atoms with Gasteiger partial charge in [-0.15, -0.1) is 16.4 Å². The number of tetrazole rings is 1. The Hall–Kier alpha value is -3.66. The molecule has 0 unspecified atom stereocenters. The van der Waals surface area contributed by atoms with Gasteiger partial charge in [0, 0.05) is 0 Å². The van der Waals surface area contributed by atoms with E-state index in [1.807, 2.05) is 30.3 Å². The minimum absolute atomic E-state index is 0.131. The van der Waals surface area contributed by atoms with Crippen molar-refractivity contribution in [2.75, 3.05) is 0 Å². The second-order valence-electron chi connectivity index (χ2n) is 6.83. The van der Waals surface area contributed by atoms with Gasteiger partial charge in [-0.1, -0.05) is 24.3 Å². The molecule has 1 atom stereocenters. The van der Waals surface area contributed by atoms with Crippen LogP contribution in [0.2, 0.25) is 0 Å². The number of hydrogen-bond donors (Lipinski definition) is 1. The Kier molecular flexibility index (Phi) is 3.88. The van der Waals surface area contributed by atoms with E-state index in [4.69, 9.17) is 0 Å². The molecule has 3 amide bonds. The Balaban J connectivity index is 1.45. The Morgan fingerprint density at radius 2 is 2.00 bits per heavy atom. The molecular formula is C19H15N7O2S. The van der Waals surface area contributed by atoms with Crippen LogP contribution in [0.4, 0.5) is 4.79 Å². The number of thiazole rings is 1. The maximum absolute atomic E-state index is 13.2. The molecule has 1 aliphatic heterocycles. The van der Waals surface area contributed by atoms with Crippen molar-refractivity contribution < 1.29 is 9.59 Å². The van der Waals surface area contributed by atoms with Crippen LogP contribution in [0, 0.1) is 0 Å². The Labute approximate surface area is 169 Å². The van der Waals surface area contributed by atoms with Crippen molar-refractivity contribution in [3.05, 3.63) is 65.4 Å². The third-order valence-electron chi connectivity index (χ3n) is 4.94. The first-order valence-corrected chi connectivity index (χ1v) is 9.69. The zero-order valence-corrected chi connectivity index (χ0v) is 16.1. The fourth-order valence-electron chi connectivity index (χ4n) is 3.40. The van der Waals surface area contributed by atoms with Gasteiger partial charge >= 0.3 is 6.03 Å². The first-order valence-electron chi connectivity index (χ1n) is 8.87. The summed E-state index contributed by atoms with van der Waals surface area (Å²) < 4.78 is 2.51. The maximum atomic E-state index is 13.2. The number of benzene rings is 2. The largest absolute Gasteiger partial charge is 0.325 e. The molecule has 29 heavy (non-hydrogen) atoms. The molecule has 2 aromatic carbocycles. The Morgan fingerprint density at radius 1 is 1.14 bits per heavy atom. The molecule has 0 saturated carbocycles. The summed E-state index contributed by atoms with van der Waals surface area (Å²) in [5.74, 6) is -0.323. The predicted molar refractivity (Wildman–Crippen MR) is 105 cm³/mol. The number of para-hydroxylation sites is 1. The summed E-state index contributed by atoms with van der Waals surface area (Å²) in [4.78, 5) is 31.6. The smallest absolute Gasteiger partial charge is 0.319 e. The highest BCUT2D eigenvalue weighted by Crippen LogP contribution is 2.32. The predicted octanol–water partition coefficient (Wildman–Crippen LogP) is 2.24. The van der Waals surface area contributed by atoms with Gasteiger partial charge in [-0.2, -0.15) is 0 Å². The van der Waals surface area contributed by atoms with Gasteiger partial charge in [0.2, 0.25) is 0 Å². The summed E-state index contributed by atoms with van der Waals surface area (Å²) in [6.45, 7) is 1.83. The second kappa shape index (κ2) is 6.45. The molecule has 5 rings (SSSR count). The van der Waals surface area contributed by atoms with Crippen LogP contribution in [0.25, 0.3) is 15.9 Å². The third kappa shape index (κ3) is 2.85. The van der Waals surface area contributed by atoms with Gasteiger partial charge in [-0.25, -0.2) is 14.5 Å².